The number of anilines is 2. The summed E-state index contributed by atoms with van der Waals surface area (Å²) < 4.78 is 28.7. The second-order valence-corrected chi connectivity index (χ2v) is 10.00. The lowest BCUT2D eigenvalue weighted by atomic mass is 10.0. The number of pyridine rings is 1. The normalized spacial score (nSPS) is 15.6. The molecule has 0 spiro atoms. The highest BCUT2D eigenvalue weighted by Gasteiger charge is 2.39. The molecule has 31 heavy (non-hydrogen) atoms. The number of rotatable bonds is 7. The average Bonchev–Trinajstić information content (AvgIpc) is 3.11. The molecular formula is C25H29N3O2S. The molecule has 1 aliphatic heterocycles. The van der Waals surface area contributed by atoms with Gasteiger partial charge in [0.05, 0.1) is 10.6 Å². The Hall–Kier alpha value is -2.86. The lowest BCUT2D eigenvalue weighted by Crippen LogP contribution is -2.40. The Morgan fingerprint density at radius 2 is 1.74 bits per heavy atom. The van der Waals surface area contributed by atoms with E-state index in [1.54, 1.807) is 12.1 Å². The number of fused-ring (bicyclic) bond motifs is 1. The summed E-state index contributed by atoms with van der Waals surface area (Å²) in [4.78, 5) is 5.08. The van der Waals surface area contributed by atoms with Gasteiger partial charge in [0.1, 0.15) is 6.17 Å². The molecule has 6 heteroatoms. The van der Waals surface area contributed by atoms with Crippen LogP contribution in [-0.4, -0.2) is 19.6 Å². The van der Waals surface area contributed by atoms with Gasteiger partial charge in [0.25, 0.3) is 10.0 Å². The molecule has 0 saturated heterocycles. The highest BCUT2D eigenvalue weighted by Crippen LogP contribution is 2.40. The van der Waals surface area contributed by atoms with Crippen LogP contribution in [0.25, 0.3) is 0 Å². The SMILES string of the molecule is CCCCC1Nc2cc(Cc3ccccc3)c(C)nc2N1S(=O)(=O)c1ccc(C)cc1. The van der Waals surface area contributed by atoms with Crippen molar-refractivity contribution in [1.29, 1.82) is 0 Å². The first-order valence-electron chi connectivity index (χ1n) is 10.8. The Labute approximate surface area is 185 Å². The van der Waals surface area contributed by atoms with Gasteiger partial charge in [-0.05, 0) is 62.4 Å². The smallest absolute Gasteiger partial charge is 0.267 e. The molecule has 0 saturated carbocycles. The van der Waals surface area contributed by atoms with Gasteiger partial charge in [-0.25, -0.2) is 17.7 Å². The number of nitrogens with zero attached hydrogens (tertiary/aromatic N) is 2. The molecule has 0 amide bonds. The molecule has 4 rings (SSSR count). The molecular weight excluding hydrogens is 406 g/mol. The van der Waals surface area contributed by atoms with Gasteiger partial charge in [0.2, 0.25) is 0 Å². The molecule has 3 aromatic rings. The van der Waals surface area contributed by atoms with Crippen LogP contribution < -0.4 is 9.62 Å². The van der Waals surface area contributed by atoms with E-state index < -0.39 is 10.0 Å². The Balaban J connectivity index is 1.74. The zero-order chi connectivity index (χ0) is 22.0. The monoisotopic (exact) mass is 435 g/mol. The molecule has 1 atom stereocenters. The van der Waals surface area contributed by atoms with Crippen molar-refractivity contribution in [2.24, 2.45) is 0 Å². The van der Waals surface area contributed by atoms with Gasteiger partial charge in [0.15, 0.2) is 5.82 Å². The number of hydrogen-bond donors (Lipinski definition) is 1. The van der Waals surface area contributed by atoms with Gasteiger partial charge in [-0.3, -0.25) is 0 Å². The summed E-state index contributed by atoms with van der Waals surface area (Å²) in [7, 11) is -3.73. The number of nitrogens with one attached hydrogen (secondary N) is 1. The van der Waals surface area contributed by atoms with Gasteiger partial charge >= 0.3 is 0 Å². The molecule has 1 aliphatic rings. The van der Waals surface area contributed by atoms with Crippen LogP contribution in [-0.2, 0) is 16.4 Å². The van der Waals surface area contributed by atoms with E-state index in [1.807, 2.05) is 44.2 Å². The Bertz CT molecular complexity index is 1160. The van der Waals surface area contributed by atoms with E-state index >= 15 is 0 Å². The minimum absolute atomic E-state index is 0.294. The predicted octanol–water partition coefficient (Wildman–Crippen LogP) is 5.43. The summed E-state index contributed by atoms with van der Waals surface area (Å²) >= 11 is 0. The van der Waals surface area contributed by atoms with Crippen molar-refractivity contribution in [3.8, 4) is 0 Å². The van der Waals surface area contributed by atoms with Crippen molar-refractivity contribution in [3.05, 3.63) is 83.0 Å². The Morgan fingerprint density at radius 3 is 2.42 bits per heavy atom. The third kappa shape index (κ3) is 4.30. The fourth-order valence-corrected chi connectivity index (χ4v) is 5.55. The highest BCUT2D eigenvalue weighted by molar-refractivity contribution is 7.92. The lowest BCUT2D eigenvalue weighted by molar-refractivity contribution is 0.570. The fraction of sp³-hybridized carbons (Fsp3) is 0.320. The molecule has 0 fully saturated rings. The van der Waals surface area contributed by atoms with E-state index in [9.17, 15) is 8.42 Å². The Morgan fingerprint density at radius 1 is 1.03 bits per heavy atom. The van der Waals surface area contributed by atoms with Crippen molar-refractivity contribution >= 4 is 21.5 Å². The lowest BCUT2D eigenvalue weighted by Gasteiger charge is -2.25. The number of sulfonamides is 1. The van der Waals surface area contributed by atoms with E-state index in [1.165, 1.54) is 9.87 Å². The van der Waals surface area contributed by atoms with Crippen molar-refractivity contribution in [3.63, 3.8) is 0 Å². The summed E-state index contributed by atoms with van der Waals surface area (Å²) in [6.45, 7) is 6.02. The van der Waals surface area contributed by atoms with Crippen molar-refractivity contribution in [2.45, 2.75) is 57.5 Å². The van der Waals surface area contributed by atoms with Gasteiger partial charge in [-0.1, -0.05) is 61.4 Å². The average molecular weight is 436 g/mol. The summed E-state index contributed by atoms with van der Waals surface area (Å²) in [6, 6.07) is 19.3. The second kappa shape index (κ2) is 8.71. The van der Waals surface area contributed by atoms with E-state index in [0.29, 0.717) is 10.7 Å². The zero-order valence-corrected chi connectivity index (χ0v) is 19.1. The molecule has 0 bridgehead atoms. The van der Waals surface area contributed by atoms with Crippen LogP contribution in [0.3, 0.4) is 0 Å². The molecule has 1 aromatic heterocycles. The van der Waals surface area contributed by atoms with Crippen LogP contribution in [0.15, 0.2) is 65.6 Å². The van der Waals surface area contributed by atoms with Crippen LogP contribution in [0.1, 0.15) is 48.6 Å². The van der Waals surface area contributed by atoms with Crippen LogP contribution in [0.5, 0.6) is 0 Å². The molecule has 5 nitrogen and oxygen atoms in total. The molecule has 1 N–H and O–H groups in total. The molecule has 0 aliphatic carbocycles. The second-order valence-electron chi connectivity index (χ2n) is 8.18. The van der Waals surface area contributed by atoms with E-state index in [2.05, 4.69) is 30.4 Å². The summed E-state index contributed by atoms with van der Waals surface area (Å²) in [5, 5.41) is 3.44. The predicted molar refractivity (Wildman–Crippen MR) is 126 cm³/mol. The maximum atomic E-state index is 13.6. The van der Waals surface area contributed by atoms with Gasteiger partial charge < -0.3 is 5.32 Å². The van der Waals surface area contributed by atoms with E-state index in [4.69, 9.17) is 4.98 Å². The third-order valence-corrected chi connectivity index (χ3v) is 7.57. The number of aryl methyl sites for hydroxylation is 2. The van der Waals surface area contributed by atoms with Crippen LogP contribution in [0, 0.1) is 13.8 Å². The van der Waals surface area contributed by atoms with Crippen LogP contribution in [0.2, 0.25) is 0 Å². The fourth-order valence-electron chi connectivity index (χ4n) is 3.98. The zero-order valence-electron chi connectivity index (χ0n) is 18.3. The van der Waals surface area contributed by atoms with E-state index in [-0.39, 0.29) is 6.17 Å². The summed E-state index contributed by atoms with van der Waals surface area (Å²) in [6.07, 6.45) is 3.09. The van der Waals surface area contributed by atoms with Crippen molar-refractivity contribution in [1.82, 2.24) is 4.98 Å². The quantitative estimate of drug-likeness (QED) is 0.538. The van der Waals surface area contributed by atoms with E-state index in [0.717, 1.165) is 48.2 Å². The molecule has 1 unspecified atom stereocenters. The van der Waals surface area contributed by atoms with Gasteiger partial charge in [-0.15, -0.1) is 0 Å². The summed E-state index contributed by atoms with van der Waals surface area (Å²) in [5.74, 6) is 0.496. The van der Waals surface area contributed by atoms with Crippen molar-refractivity contribution < 1.29 is 8.42 Å². The first-order valence-corrected chi connectivity index (χ1v) is 12.3. The van der Waals surface area contributed by atoms with Gasteiger partial charge in [-0.2, -0.15) is 0 Å². The summed E-state index contributed by atoms with van der Waals surface area (Å²) in [5.41, 5.74) is 4.97. The number of unbranched alkanes of at least 4 members (excludes halogenated alkanes) is 1. The largest absolute Gasteiger partial charge is 0.361 e. The first-order chi connectivity index (χ1) is 14.9. The standard InChI is InChI=1S/C25H29N3O2S/c1-4-5-11-24-27-23-17-21(16-20-9-7-6-8-10-20)19(3)26-25(23)28(24)31(29,30)22-14-12-18(2)13-15-22/h6-10,12-15,17,24,27H,4-5,11,16H2,1-3H3. The Kier molecular flexibility index (Phi) is 6.01. The number of aromatic nitrogens is 1. The minimum atomic E-state index is -3.73. The highest BCUT2D eigenvalue weighted by atomic mass is 32.2. The number of benzene rings is 2. The molecule has 162 valence electrons. The minimum Gasteiger partial charge on any atom is -0.361 e. The maximum absolute atomic E-state index is 13.6. The van der Waals surface area contributed by atoms with Crippen molar-refractivity contribution in [2.75, 3.05) is 9.62 Å². The van der Waals surface area contributed by atoms with Crippen LogP contribution >= 0.6 is 0 Å². The van der Waals surface area contributed by atoms with Crippen LogP contribution in [0.4, 0.5) is 11.5 Å². The maximum Gasteiger partial charge on any atom is 0.267 e. The van der Waals surface area contributed by atoms with Gasteiger partial charge in [0, 0.05) is 5.69 Å². The molecule has 0 radical (unpaired) electrons. The molecule has 2 aromatic carbocycles. The first kappa shape index (κ1) is 21.4. The topological polar surface area (TPSA) is 62.3 Å². The third-order valence-electron chi connectivity index (χ3n) is 5.76. The molecule has 2 heterocycles. The number of hydrogen-bond acceptors (Lipinski definition) is 4.